The number of thiazole rings is 1. The number of amides is 1. The molecule has 8 heteroatoms. The van der Waals surface area contributed by atoms with E-state index >= 15 is 0 Å². The van der Waals surface area contributed by atoms with Gasteiger partial charge in [0.1, 0.15) is 0 Å². The zero-order valence-corrected chi connectivity index (χ0v) is 11.3. The van der Waals surface area contributed by atoms with Crippen molar-refractivity contribution in [2.75, 3.05) is 12.4 Å². The molecule has 0 atom stereocenters. The van der Waals surface area contributed by atoms with Crippen molar-refractivity contribution in [1.29, 1.82) is 0 Å². The summed E-state index contributed by atoms with van der Waals surface area (Å²) in [5.41, 5.74) is 2.95. The molecule has 0 aliphatic carbocycles. The first kappa shape index (κ1) is 13.8. The fraction of sp³-hybridized carbons (Fsp3) is 0.182. The maximum Gasteiger partial charge on any atom is 0.332 e. The lowest BCUT2D eigenvalue weighted by Gasteiger charge is -2.01. The van der Waals surface area contributed by atoms with Crippen LogP contribution >= 0.6 is 23.1 Å². The summed E-state index contributed by atoms with van der Waals surface area (Å²) in [5, 5.41) is 8.33. The van der Waals surface area contributed by atoms with Crippen LogP contribution in [0, 0.1) is 0 Å². The number of hydroxylamine groups is 1. The van der Waals surface area contributed by atoms with E-state index in [4.69, 9.17) is 5.11 Å². The molecule has 2 N–H and O–H groups in total. The van der Waals surface area contributed by atoms with Crippen LogP contribution in [0.3, 0.4) is 0 Å². The normalized spacial score (nSPS) is 10.5. The summed E-state index contributed by atoms with van der Waals surface area (Å²) in [7, 11) is 0. The van der Waals surface area contributed by atoms with Gasteiger partial charge in [0.25, 0.3) is 5.91 Å². The SMILES string of the molecule is O=C(O)CONC(=O)CSc1nc2ccccc2s1. The molecule has 1 heterocycles. The Bertz CT molecular complexity index is 566. The van der Waals surface area contributed by atoms with Crippen molar-refractivity contribution in [3.63, 3.8) is 0 Å². The summed E-state index contributed by atoms with van der Waals surface area (Å²) in [6.07, 6.45) is 0. The van der Waals surface area contributed by atoms with E-state index in [1.807, 2.05) is 24.3 Å². The quantitative estimate of drug-likeness (QED) is 0.621. The highest BCUT2D eigenvalue weighted by atomic mass is 32.2. The second-order valence-corrected chi connectivity index (χ2v) is 5.70. The Labute approximate surface area is 116 Å². The zero-order valence-electron chi connectivity index (χ0n) is 9.66. The molecule has 19 heavy (non-hydrogen) atoms. The fourth-order valence-electron chi connectivity index (χ4n) is 1.25. The van der Waals surface area contributed by atoms with Gasteiger partial charge < -0.3 is 5.11 Å². The number of thioether (sulfide) groups is 1. The average molecular weight is 298 g/mol. The number of carbonyl (C=O) groups excluding carboxylic acids is 1. The Hall–Kier alpha value is -1.64. The minimum absolute atomic E-state index is 0.124. The topological polar surface area (TPSA) is 88.5 Å². The first-order chi connectivity index (χ1) is 9.15. The minimum Gasteiger partial charge on any atom is -0.479 e. The van der Waals surface area contributed by atoms with Crippen molar-refractivity contribution in [2.45, 2.75) is 4.34 Å². The monoisotopic (exact) mass is 298 g/mol. The molecule has 0 radical (unpaired) electrons. The van der Waals surface area contributed by atoms with Crippen molar-refractivity contribution in [3.05, 3.63) is 24.3 Å². The number of carboxylic acid groups (broad SMARTS) is 1. The Balaban J connectivity index is 1.81. The Morgan fingerprint density at radius 1 is 1.42 bits per heavy atom. The van der Waals surface area contributed by atoms with E-state index in [-0.39, 0.29) is 5.75 Å². The predicted octanol–water partition coefficient (Wildman–Crippen LogP) is 1.52. The Morgan fingerprint density at radius 3 is 2.95 bits per heavy atom. The van der Waals surface area contributed by atoms with Crippen molar-refractivity contribution < 1.29 is 19.5 Å². The highest BCUT2D eigenvalue weighted by Gasteiger charge is 2.08. The highest BCUT2D eigenvalue weighted by Crippen LogP contribution is 2.28. The van der Waals surface area contributed by atoms with Crippen LogP contribution in [0.1, 0.15) is 0 Å². The molecule has 0 aliphatic rings. The lowest BCUT2D eigenvalue weighted by atomic mass is 10.3. The van der Waals surface area contributed by atoms with Crippen molar-refractivity contribution in [2.24, 2.45) is 0 Å². The molecule has 0 saturated heterocycles. The molecule has 0 bridgehead atoms. The number of benzene rings is 1. The van der Waals surface area contributed by atoms with Gasteiger partial charge in [0.2, 0.25) is 0 Å². The van der Waals surface area contributed by atoms with Gasteiger partial charge in [-0.1, -0.05) is 23.9 Å². The first-order valence-electron chi connectivity index (χ1n) is 5.26. The number of hydrogen-bond donors (Lipinski definition) is 2. The number of aliphatic carboxylic acids is 1. The van der Waals surface area contributed by atoms with Crippen LogP contribution in [0.25, 0.3) is 10.2 Å². The fourth-order valence-corrected chi connectivity index (χ4v) is 3.10. The minimum atomic E-state index is -1.14. The molecule has 0 aliphatic heterocycles. The molecule has 1 amide bonds. The van der Waals surface area contributed by atoms with Crippen LogP contribution in [0.2, 0.25) is 0 Å². The van der Waals surface area contributed by atoms with Gasteiger partial charge in [-0.2, -0.15) is 0 Å². The Morgan fingerprint density at radius 2 is 2.21 bits per heavy atom. The van der Waals surface area contributed by atoms with E-state index in [1.165, 1.54) is 23.1 Å². The zero-order chi connectivity index (χ0) is 13.7. The van der Waals surface area contributed by atoms with Gasteiger partial charge in [0.05, 0.1) is 16.0 Å². The van der Waals surface area contributed by atoms with Crippen LogP contribution in [-0.4, -0.2) is 34.3 Å². The van der Waals surface area contributed by atoms with Crippen molar-refractivity contribution in [1.82, 2.24) is 10.5 Å². The number of carbonyl (C=O) groups is 2. The number of fused-ring (bicyclic) bond motifs is 1. The second-order valence-electron chi connectivity index (χ2n) is 3.44. The molecule has 1 aromatic heterocycles. The standard InChI is InChI=1S/C11H10N2O4S2/c14-9(13-17-5-10(15)16)6-18-11-12-7-3-1-2-4-8(7)19-11/h1-4H,5-6H2,(H,13,14)(H,15,16). The lowest BCUT2D eigenvalue weighted by molar-refractivity contribution is -0.148. The molecule has 2 rings (SSSR count). The van der Waals surface area contributed by atoms with Crippen molar-refractivity contribution in [3.8, 4) is 0 Å². The third kappa shape index (κ3) is 4.19. The maximum atomic E-state index is 11.3. The smallest absolute Gasteiger partial charge is 0.332 e. The summed E-state index contributed by atoms with van der Waals surface area (Å²) in [4.78, 5) is 30.3. The van der Waals surface area contributed by atoms with E-state index in [2.05, 4.69) is 15.3 Å². The number of nitrogens with one attached hydrogen (secondary N) is 1. The van der Waals surface area contributed by atoms with Crippen LogP contribution < -0.4 is 5.48 Å². The average Bonchev–Trinajstić information content (AvgIpc) is 2.78. The van der Waals surface area contributed by atoms with E-state index in [9.17, 15) is 9.59 Å². The number of aromatic nitrogens is 1. The molecule has 0 saturated carbocycles. The van der Waals surface area contributed by atoms with Crippen LogP contribution in [0.15, 0.2) is 28.6 Å². The van der Waals surface area contributed by atoms with Gasteiger partial charge in [-0.3, -0.25) is 9.63 Å². The van der Waals surface area contributed by atoms with E-state index < -0.39 is 18.5 Å². The van der Waals surface area contributed by atoms with Gasteiger partial charge in [0.15, 0.2) is 10.9 Å². The molecule has 2 aromatic rings. The largest absolute Gasteiger partial charge is 0.479 e. The van der Waals surface area contributed by atoms with Crippen LogP contribution in [0.5, 0.6) is 0 Å². The van der Waals surface area contributed by atoms with Gasteiger partial charge in [0, 0.05) is 0 Å². The molecule has 0 spiro atoms. The number of hydrogen-bond acceptors (Lipinski definition) is 6. The highest BCUT2D eigenvalue weighted by molar-refractivity contribution is 8.01. The molecular weight excluding hydrogens is 288 g/mol. The molecule has 0 fully saturated rings. The van der Waals surface area contributed by atoms with Gasteiger partial charge in [-0.25, -0.2) is 15.3 Å². The van der Waals surface area contributed by atoms with Crippen molar-refractivity contribution >= 4 is 45.2 Å². The molecular formula is C11H10N2O4S2. The lowest BCUT2D eigenvalue weighted by Crippen LogP contribution is -2.27. The van der Waals surface area contributed by atoms with Crippen LogP contribution in [-0.2, 0) is 14.4 Å². The first-order valence-corrected chi connectivity index (χ1v) is 7.06. The third-order valence-corrected chi connectivity index (χ3v) is 4.16. The second kappa shape index (κ2) is 6.50. The number of para-hydroxylation sites is 1. The molecule has 1 aromatic carbocycles. The van der Waals surface area contributed by atoms with E-state index in [1.54, 1.807) is 0 Å². The number of rotatable bonds is 6. The van der Waals surface area contributed by atoms with Crippen LogP contribution in [0.4, 0.5) is 0 Å². The number of carboxylic acids is 1. The molecule has 0 unspecified atom stereocenters. The summed E-state index contributed by atoms with van der Waals surface area (Å²) in [6, 6.07) is 7.71. The third-order valence-electron chi connectivity index (χ3n) is 1.98. The molecule has 6 nitrogen and oxygen atoms in total. The molecule has 100 valence electrons. The summed E-state index contributed by atoms with van der Waals surface area (Å²) in [5.74, 6) is -1.41. The summed E-state index contributed by atoms with van der Waals surface area (Å²) in [6.45, 7) is -0.558. The van der Waals surface area contributed by atoms with Gasteiger partial charge in [-0.05, 0) is 12.1 Å². The Kier molecular flexibility index (Phi) is 4.72. The summed E-state index contributed by atoms with van der Waals surface area (Å²) < 4.78 is 1.85. The van der Waals surface area contributed by atoms with E-state index in [0.717, 1.165) is 14.6 Å². The summed E-state index contributed by atoms with van der Waals surface area (Å²) >= 11 is 2.79. The number of nitrogens with zero attached hydrogens (tertiary/aromatic N) is 1. The van der Waals surface area contributed by atoms with Gasteiger partial charge >= 0.3 is 5.97 Å². The predicted molar refractivity (Wildman–Crippen MR) is 72.1 cm³/mol. The van der Waals surface area contributed by atoms with E-state index in [0.29, 0.717) is 0 Å². The maximum absolute atomic E-state index is 11.3. The van der Waals surface area contributed by atoms with Gasteiger partial charge in [-0.15, -0.1) is 11.3 Å².